The zero-order chi connectivity index (χ0) is 10.8. The number of halogens is 3. The second kappa shape index (κ2) is 4.00. The summed E-state index contributed by atoms with van der Waals surface area (Å²) in [6.45, 7) is 1.58. The van der Waals surface area contributed by atoms with Crippen LogP contribution in [0.1, 0.15) is 25.1 Å². The minimum Gasteiger partial charge on any atom is -0.333 e. The molecule has 1 aromatic heterocycles. The van der Waals surface area contributed by atoms with Gasteiger partial charge in [-0.15, -0.1) is 0 Å². The van der Waals surface area contributed by atoms with Gasteiger partial charge in [0.1, 0.15) is 0 Å². The van der Waals surface area contributed by atoms with Crippen LogP contribution in [-0.2, 0) is 6.54 Å². The topological polar surface area (TPSA) is 43.8 Å². The normalized spacial score (nSPS) is 14.4. The Kier molecular flexibility index (Phi) is 3.15. The quantitative estimate of drug-likeness (QED) is 0.822. The fraction of sp³-hybridized carbons (Fsp3) is 0.625. The van der Waals surface area contributed by atoms with Crippen LogP contribution in [0.5, 0.6) is 0 Å². The molecule has 0 saturated heterocycles. The van der Waals surface area contributed by atoms with Crippen LogP contribution in [0, 0.1) is 0 Å². The van der Waals surface area contributed by atoms with Crippen molar-refractivity contribution >= 4 is 0 Å². The first-order chi connectivity index (χ1) is 6.40. The van der Waals surface area contributed by atoms with Gasteiger partial charge in [-0.05, 0) is 6.92 Å². The van der Waals surface area contributed by atoms with Gasteiger partial charge < -0.3 is 10.3 Å². The summed E-state index contributed by atoms with van der Waals surface area (Å²) >= 11 is 0. The predicted octanol–water partition coefficient (Wildman–Crippen LogP) is 1.86. The Hall–Kier alpha value is -1.04. The van der Waals surface area contributed by atoms with Crippen molar-refractivity contribution in [3.8, 4) is 0 Å². The van der Waals surface area contributed by atoms with Crippen LogP contribution >= 0.6 is 0 Å². The molecule has 0 spiro atoms. The average Bonchev–Trinajstić information content (AvgIpc) is 2.46. The standard InChI is InChI=1S/C8H12F3N3/c1-6(12)7-4-13-5-14(7)3-2-8(9,10)11/h4-6H,2-3,12H2,1H3. The van der Waals surface area contributed by atoms with Gasteiger partial charge in [-0.1, -0.05) is 0 Å². The lowest BCUT2D eigenvalue weighted by Gasteiger charge is -2.11. The van der Waals surface area contributed by atoms with Gasteiger partial charge in [0.25, 0.3) is 0 Å². The fourth-order valence-corrected chi connectivity index (χ4v) is 1.14. The number of hydrogen-bond donors (Lipinski definition) is 1. The third-order valence-corrected chi connectivity index (χ3v) is 1.85. The molecule has 1 unspecified atom stereocenters. The van der Waals surface area contributed by atoms with E-state index in [0.29, 0.717) is 5.69 Å². The van der Waals surface area contributed by atoms with Crippen molar-refractivity contribution in [1.82, 2.24) is 9.55 Å². The summed E-state index contributed by atoms with van der Waals surface area (Å²) in [5.74, 6) is 0. The van der Waals surface area contributed by atoms with Crippen LogP contribution in [0.15, 0.2) is 12.5 Å². The first kappa shape index (κ1) is 11.0. The molecular formula is C8H12F3N3. The molecule has 14 heavy (non-hydrogen) atoms. The van der Waals surface area contributed by atoms with Crippen molar-refractivity contribution in [3.63, 3.8) is 0 Å². The summed E-state index contributed by atoms with van der Waals surface area (Å²) in [6.07, 6.45) is -2.14. The summed E-state index contributed by atoms with van der Waals surface area (Å²) in [7, 11) is 0. The van der Waals surface area contributed by atoms with E-state index < -0.39 is 12.6 Å². The van der Waals surface area contributed by atoms with Crippen LogP contribution in [0.3, 0.4) is 0 Å². The summed E-state index contributed by atoms with van der Waals surface area (Å²) in [5.41, 5.74) is 6.18. The Morgan fingerprint density at radius 3 is 2.71 bits per heavy atom. The molecule has 1 rings (SSSR count). The number of nitrogens with zero attached hydrogens (tertiary/aromatic N) is 2. The number of aryl methyl sites for hydroxylation is 1. The molecule has 1 heterocycles. The van der Waals surface area contributed by atoms with Crippen LogP contribution in [0.4, 0.5) is 13.2 Å². The van der Waals surface area contributed by atoms with E-state index in [1.54, 1.807) is 6.92 Å². The van der Waals surface area contributed by atoms with E-state index >= 15 is 0 Å². The Balaban J connectivity index is 2.63. The Bertz CT molecular complexity index is 290. The highest BCUT2D eigenvalue weighted by Crippen LogP contribution is 2.21. The molecule has 0 aromatic carbocycles. The molecule has 3 nitrogen and oxygen atoms in total. The molecule has 0 amide bonds. The summed E-state index contributed by atoms with van der Waals surface area (Å²) < 4.78 is 37.2. The number of alkyl halides is 3. The van der Waals surface area contributed by atoms with Crippen molar-refractivity contribution in [1.29, 1.82) is 0 Å². The van der Waals surface area contributed by atoms with Crippen LogP contribution < -0.4 is 5.73 Å². The maximum Gasteiger partial charge on any atom is 0.390 e. The van der Waals surface area contributed by atoms with E-state index in [1.807, 2.05) is 0 Å². The highest BCUT2D eigenvalue weighted by atomic mass is 19.4. The van der Waals surface area contributed by atoms with Crippen molar-refractivity contribution in [2.45, 2.75) is 32.1 Å². The van der Waals surface area contributed by atoms with Crippen molar-refractivity contribution in [2.75, 3.05) is 0 Å². The monoisotopic (exact) mass is 207 g/mol. The highest BCUT2D eigenvalue weighted by molar-refractivity contribution is 5.02. The zero-order valence-corrected chi connectivity index (χ0v) is 7.75. The van der Waals surface area contributed by atoms with Crippen LogP contribution in [-0.4, -0.2) is 15.7 Å². The lowest BCUT2D eigenvalue weighted by molar-refractivity contribution is -0.136. The minimum absolute atomic E-state index is 0.125. The second-order valence-corrected chi connectivity index (χ2v) is 3.17. The van der Waals surface area contributed by atoms with E-state index in [4.69, 9.17) is 5.73 Å². The van der Waals surface area contributed by atoms with E-state index in [9.17, 15) is 13.2 Å². The molecule has 0 bridgehead atoms. The number of rotatable bonds is 3. The Morgan fingerprint density at radius 1 is 1.57 bits per heavy atom. The smallest absolute Gasteiger partial charge is 0.333 e. The molecule has 0 radical (unpaired) electrons. The first-order valence-electron chi connectivity index (χ1n) is 4.22. The second-order valence-electron chi connectivity index (χ2n) is 3.17. The third-order valence-electron chi connectivity index (χ3n) is 1.85. The average molecular weight is 207 g/mol. The largest absolute Gasteiger partial charge is 0.390 e. The fourth-order valence-electron chi connectivity index (χ4n) is 1.14. The van der Waals surface area contributed by atoms with E-state index in [0.717, 1.165) is 0 Å². The van der Waals surface area contributed by atoms with Crippen molar-refractivity contribution < 1.29 is 13.2 Å². The van der Waals surface area contributed by atoms with E-state index in [-0.39, 0.29) is 12.6 Å². The van der Waals surface area contributed by atoms with Gasteiger partial charge in [-0.2, -0.15) is 13.2 Å². The van der Waals surface area contributed by atoms with Gasteiger partial charge in [0.05, 0.1) is 18.4 Å². The van der Waals surface area contributed by atoms with Gasteiger partial charge in [0, 0.05) is 18.8 Å². The molecule has 2 N–H and O–H groups in total. The van der Waals surface area contributed by atoms with E-state index in [2.05, 4.69) is 4.98 Å². The molecule has 1 aromatic rings. The van der Waals surface area contributed by atoms with Crippen molar-refractivity contribution in [2.24, 2.45) is 5.73 Å². The third kappa shape index (κ3) is 3.02. The summed E-state index contributed by atoms with van der Waals surface area (Å²) in [4.78, 5) is 3.76. The maximum absolute atomic E-state index is 11.9. The van der Waals surface area contributed by atoms with Gasteiger partial charge in [0.2, 0.25) is 0 Å². The number of nitrogens with two attached hydrogens (primary N) is 1. The van der Waals surface area contributed by atoms with Gasteiger partial charge in [0.15, 0.2) is 0 Å². The molecule has 6 heteroatoms. The summed E-state index contributed by atoms with van der Waals surface area (Å²) in [6, 6.07) is -0.300. The SMILES string of the molecule is CC(N)c1cncn1CCC(F)(F)F. The first-order valence-corrected chi connectivity index (χ1v) is 4.22. The highest BCUT2D eigenvalue weighted by Gasteiger charge is 2.27. The molecular weight excluding hydrogens is 195 g/mol. The molecule has 0 aliphatic rings. The molecule has 0 fully saturated rings. The van der Waals surface area contributed by atoms with Crippen LogP contribution in [0.25, 0.3) is 0 Å². The Morgan fingerprint density at radius 2 is 2.21 bits per heavy atom. The zero-order valence-electron chi connectivity index (χ0n) is 7.75. The summed E-state index contributed by atoms with van der Waals surface area (Å²) in [5, 5.41) is 0. The van der Waals surface area contributed by atoms with Gasteiger partial charge in [-0.3, -0.25) is 0 Å². The lowest BCUT2D eigenvalue weighted by atomic mass is 10.2. The van der Waals surface area contributed by atoms with Gasteiger partial charge >= 0.3 is 6.18 Å². The number of hydrogen-bond acceptors (Lipinski definition) is 2. The Labute approximate surface area is 79.7 Å². The molecule has 0 saturated carbocycles. The number of imidazole rings is 1. The van der Waals surface area contributed by atoms with Gasteiger partial charge in [-0.25, -0.2) is 4.98 Å². The molecule has 0 aliphatic heterocycles. The van der Waals surface area contributed by atoms with E-state index in [1.165, 1.54) is 17.1 Å². The number of aromatic nitrogens is 2. The lowest BCUT2D eigenvalue weighted by Crippen LogP contribution is -2.16. The molecule has 1 atom stereocenters. The van der Waals surface area contributed by atoms with Crippen molar-refractivity contribution in [3.05, 3.63) is 18.2 Å². The molecule has 80 valence electrons. The molecule has 0 aliphatic carbocycles. The predicted molar refractivity (Wildman–Crippen MR) is 45.5 cm³/mol. The van der Waals surface area contributed by atoms with Crippen LogP contribution in [0.2, 0.25) is 0 Å². The maximum atomic E-state index is 11.9. The minimum atomic E-state index is -4.14.